The van der Waals surface area contributed by atoms with Crippen LogP contribution >= 0.6 is 0 Å². The molecule has 1 rings (SSSR count). The summed E-state index contributed by atoms with van der Waals surface area (Å²) in [6.07, 6.45) is 4.17. The number of rotatable bonds is 10. The molecule has 0 radical (unpaired) electrons. The largest absolute Gasteiger partial charge is 0.497 e. The average molecular weight is 307 g/mol. The third-order valence-corrected chi connectivity index (χ3v) is 3.85. The highest BCUT2D eigenvalue weighted by atomic mass is 16.5. The highest BCUT2D eigenvalue weighted by molar-refractivity contribution is 5.80. The van der Waals surface area contributed by atoms with Crippen molar-refractivity contribution in [2.75, 3.05) is 13.7 Å². The zero-order chi connectivity index (χ0) is 16.4. The molecule has 1 N–H and O–H groups in total. The van der Waals surface area contributed by atoms with Gasteiger partial charge in [-0.1, -0.05) is 33.1 Å². The summed E-state index contributed by atoms with van der Waals surface area (Å²) < 4.78 is 10.8. The Labute approximate surface area is 134 Å². The molecule has 1 aromatic carbocycles. The van der Waals surface area contributed by atoms with Crippen molar-refractivity contribution in [3.63, 3.8) is 0 Å². The number of methoxy groups -OCH3 is 1. The minimum Gasteiger partial charge on any atom is -0.497 e. The van der Waals surface area contributed by atoms with Gasteiger partial charge in [-0.25, -0.2) is 0 Å². The molecular weight excluding hydrogens is 278 g/mol. The molecule has 2 atom stereocenters. The van der Waals surface area contributed by atoms with Crippen molar-refractivity contribution in [2.45, 2.75) is 52.6 Å². The van der Waals surface area contributed by atoms with Crippen LogP contribution in [0.15, 0.2) is 24.3 Å². The highest BCUT2D eigenvalue weighted by Crippen LogP contribution is 2.18. The molecule has 0 saturated carbocycles. The number of benzene rings is 1. The van der Waals surface area contributed by atoms with Crippen molar-refractivity contribution in [1.82, 2.24) is 5.32 Å². The number of hydrogen-bond donors (Lipinski definition) is 1. The fourth-order valence-electron chi connectivity index (χ4n) is 2.24. The second kappa shape index (κ2) is 10.1. The maximum absolute atomic E-state index is 12.1. The highest BCUT2D eigenvalue weighted by Gasteiger charge is 2.16. The minimum absolute atomic E-state index is 0.0641. The number of nitrogens with one attached hydrogen (secondary N) is 1. The molecule has 0 aliphatic heterocycles. The summed E-state index contributed by atoms with van der Waals surface area (Å²) >= 11 is 0. The second-order valence-corrected chi connectivity index (χ2v) is 5.60. The van der Waals surface area contributed by atoms with Crippen molar-refractivity contribution < 1.29 is 14.3 Å². The van der Waals surface area contributed by atoms with Crippen LogP contribution in [0.4, 0.5) is 0 Å². The number of carbonyl (C=O) groups is 1. The van der Waals surface area contributed by atoms with Gasteiger partial charge >= 0.3 is 0 Å². The van der Waals surface area contributed by atoms with Crippen LogP contribution in [0.1, 0.15) is 46.5 Å². The predicted molar refractivity (Wildman–Crippen MR) is 89.4 cm³/mol. The third kappa shape index (κ3) is 6.37. The molecule has 4 nitrogen and oxygen atoms in total. The van der Waals surface area contributed by atoms with Gasteiger partial charge in [0.15, 0.2) is 6.10 Å². The van der Waals surface area contributed by atoms with Crippen LogP contribution in [0.5, 0.6) is 11.5 Å². The van der Waals surface area contributed by atoms with Crippen molar-refractivity contribution in [1.29, 1.82) is 0 Å². The number of hydrogen-bond acceptors (Lipinski definition) is 3. The molecule has 0 bridgehead atoms. The van der Waals surface area contributed by atoms with Crippen molar-refractivity contribution in [3.8, 4) is 11.5 Å². The summed E-state index contributed by atoms with van der Waals surface area (Å²) in [5.41, 5.74) is 0. The zero-order valence-corrected chi connectivity index (χ0v) is 14.2. The lowest BCUT2D eigenvalue weighted by Crippen LogP contribution is -2.38. The maximum Gasteiger partial charge on any atom is 0.260 e. The Morgan fingerprint density at radius 1 is 1.18 bits per heavy atom. The fraction of sp³-hybridized carbons (Fsp3) is 0.611. The van der Waals surface area contributed by atoms with Crippen molar-refractivity contribution in [3.05, 3.63) is 24.3 Å². The van der Waals surface area contributed by atoms with E-state index in [1.54, 1.807) is 26.2 Å². The molecule has 1 amide bonds. The van der Waals surface area contributed by atoms with Gasteiger partial charge in [0.1, 0.15) is 11.5 Å². The lowest BCUT2D eigenvalue weighted by Gasteiger charge is -2.18. The van der Waals surface area contributed by atoms with Gasteiger partial charge in [-0.3, -0.25) is 4.79 Å². The first-order valence-electron chi connectivity index (χ1n) is 8.19. The Balaban J connectivity index is 2.40. The molecule has 0 aliphatic carbocycles. The van der Waals surface area contributed by atoms with Crippen molar-refractivity contribution >= 4 is 5.91 Å². The van der Waals surface area contributed by atoms with Crippen LogP contribution in [0.25, 0.3) is 0 Å². The monoisotopic (exact) mass is 307 g/mol. The van der Waals surface area contributed by atoms with E-state index < -0.39 is 6.10 Å². The molecular formula is C18H29NO3. The Kier molecular flexibility index (Phi) is 8.41. The van der Waals surface area contributed by atoms with Gasteiger partial charge in [0.2, 0.25) is 0 Å². The van der Waals surface area contributed by atoms with Gasteiger partial charge in [-0.2, -0.15) is 0 Å². The van der Waals surface area contributed by atoms with E-state index in [0.717, 1.165) is 18.7 Å². The molecule has 0 unspecified atom stereocenters. The molecule has 1 aromatic rings. The van der Waals surface area contributed by atoms with E-state index in [2.05, 4.69) is 19.2 Å². The molecule has 0 heterocycles. The summed E-state index contributed by atoms with van der Waals surface area (Å²) in [7, 11) is 1.62. The summed E-state index contributed by atoms with van der Waals surface area (Å²) in [5.74, 6) is 1.93. The van der Waals surface area contributed by atoms with Gasteiger partial charge < -0.3 is 14.8 Å². The summed E-state index contributed by atoms with van der Waals surface area (Å²) in [6, 6.07) is 7.24. The van der Waals surface area contributed by atoms with E-state index in [1.807, 2.05) is 12.1 Å². The van der Waals surface area contributed by atoms with E-state index in [-0.39, 0.29) is 5.91 Å². The quantitative estimate of drug-likeness (QED) is 0.715. The van der Waals surface area contributed by atoms with Crippen LogP contribution in [0.3, 0.4) is 0 Å². The minimum atomic E-state index is -0.503. The van der Waals surface area contributed by atoms with E-state index >= 15 is 0 Å². The first-order valence-corrected chi connectivity index (χ1v) is 8.19. The summed E-state index contributed by atoms with van der Waals surface area (Å²) in [4.78, 5) is 12.1. The first kappa shape index (κ1) is 18.3. The third-order valence-electron chi connectivity index (χ3n) is 3.85. The molecule has 0 spiro atoms. The molecule has 124 valence electrons. The van der Waals surface area contributed by atoms with Gasteiger partial charge in [0.25, 0.3) is 5.91 Å². The maximum atomic E-state index is 12.1. The lowest BCUT2D eigenvalue weighted by atomic mass is 9.99. The molecule has 22 heavy (non-hydrogen) atoms. The Morgan fingerprint density at radius 2 is 1.82 bits per heavy atom. The smallest absolute Gasteiger partial charge is 0.260 e. The SMILES string of the molecule is CCCC[C@H](CC)CNC(=O)[C@@H](C)Oc1ccc(OC)cc1. The molecule has 0 aromatic heterocycles. The van der Waals surface area contributed by atoms with Gasteiger partial charge in [0, 0.05) is 6.54 Å². The number of unbranched alkanes of at least 4 members (excludes halogenated alkanes) is 1. The lowest BCUT2D eigenvalue weighted by molar-refractivity contribution is -0.127. The standard InChI is InChI=1S/C18H29NO3/c1-5-7-8-15(6-2)13-19-18(20)14(3)22-17-11-9-16(21-4)10-12-17/h9-12,14-15H,5-8,13H2,1-4H3,(H,19,20)/t14-,15+/m1/s1. The topological polar surface area (TPSA) is 47.6 Å². The van der Waals surface area contributed by atoms with Crippen LogP contribution < -0.4 is 14.8 Å². The fourth-order valence-corrected chi connectivity index (χ4v) is 2.24. The zero-order valence-electron chi connectivity index (χ0n) is 14.2. The molecule has 0 saturated heterocycles. The Hall–Kier alpha value is -1.71. The number of amides is 1. The van der Waals surface area contributed by atoms with Crippen LogP contribution in [-0.2, 0) is 4.79 Å². The van der Waals surface area contributed by atoms with E-state index in [4.69, 9.17) is 9.47 Å². The molecule has 4 heteroatoms. The van der Waals surface area contributed by atoms with Crippen molar-refractivity contribution in [2.24, 2.45) is 5.92 Å². The van der Waals surface area contributed by atoms with Gasteiger partial charge in [0.05, 0.1) is 7.11 Å². The van der Waals surface area contributed by atoms with Gasteiger partial charge in [-0.15, -0.1) is 0 Å². The normalized spacial score (nSPS) is 13.3. The number of ether oxygens (including phenoxy) is 2. The predicted octanol–water partition coefficient (Wildman–Crippen LogP) is 3.80. The second-order valence-electron chi connectivity index (χ2n) is 5.60. The number of carbonyl (C=O) groups excluding carboxylic acids is 1. The Morgan fingerprint density at radius 3 is 2.36 bits per heavy atom. The first-order chi connectivity index (χ1) is 10.6. The van der Waals surface area contributed by atoms with Crippen LogP contribution in [0, 0.1) is 5.92 Å². The average Bonchev–Trinajstić information content (AvgIpc) is 2.55. The van der Waals surface area contributed by atoms with E-state index in [0.29, 0.717) is 11.7 Å². The van der Waals surface area contributed by atoms with Gasteiger partial charge in [-0.05, 0) is 43.5 Å². The van der Waals surface area contributed by atoms with E-state index in [1.165, 1.54) is 19.3 Å². The van der Waals surface area contributed by atoms with Crippen LogP contribution in [0.2, 0.25) is 0 Å². The van der Waals surface area contributed by atoms with Crippen LogP contribution in [-0.4, -0.2) is 25.7 Å². The molecule has 0 aliphatic rings. The summed E-state index contributed by atoms with van der Waals surface area (Å²) in [5, 5.41) is 3.00. The molecule has 0 fully saturated rings. The summed E-state index contributed by atoms with van der Waals surface area (Å²) in [6.45, 7) is 6.86. The van der Waals surface area contributed by atoms with E-state index in [9.17, 15) is 4.79 Å². The Bertz CT molecular complexity index is 430.